The van der Waals surface area contributed by atoms with Crippen LogP contribution in [0.5, 0.6) is 5.75 Å². The normalized spacial score (nSPS) is 22.7. The van der Waals surface area contributed by atoms with Gasteiger partial charge in [-0.3, -0.25) is 9.59 Å². The number of carbonyl (C=O) groups is 3. The maximum atomic E-state index is 12.0. The van der Waals surface area contributed by atoms with Gasteiger partial charge in [0.15, 0.2) is 19.5 Å². The van der Waals surface area contributed by atoms with Crippen LogP contribution >= 0.6 is 0 Å². The number of nitrogens with one attached hydrogen (secondary N) is 1. The zero-order valence-corrected chi connectivity index (χ0v) is 14.7. The molecule has 1 fully saturated rings. The molecule has 1 saturated carbocycles. The van der Waals surface area contributed by atoms with Crippen molar-refractivity contribution in [3.63, 3.8) is 0 Å². The maximum Gasteiger partial charge on any atom is 0.344 e. The Bertz CT molecular complexity index is 616. The highest BCUT2D eigenvalue weighted by Crippen LogP contribution is 2.29. The van der Waals surface area contributed by atoms with Crippen molar-refractivity contribution in [2.45, 2.75) is 39.2 Å². The number of amides is 1. The van der Waals surface area contributed by atoms with Crippen molar-refractivity contribution in [2.24, 2.45) is 11.8 Å². The Morgan fingerprint density at radius 1 is 1.20 bits per heavy atom. The van der Waals surface area contributed by atoms with Crippen LogP contribution in [0.15, 0.2) is 24.3 Å². The first-order valence-electron chi connectivity index (χ1n) is 8.63. The predicted molar refractivity (Wildman–Crippen MR) is 92.4 cm³/mol. The summed E-state index contributed by atoms with van der Waals surface area (Å²) in [5.74, 6) is 0.349. The van der Waals surface area contributed by atoms with Gasteiger partial charge in [0.2, 0.25) is 0 Å². The van der Waals surface area contributed by atoms with E-state index in [0.29, 0.717) is 29.4 Å². The molecule has 0 bridgehead atoms. The molecule has 1 aliphatic rings. The van der Waals surface area contributed by atoms with Gasteiger partial charge in [-0.15, -0.1) is 0 Å². The molecule has 0 spiro atoms. The molecule has 6 nitrogen and oxygen atoms in total. The summed E-state index contributed by atoms with van der Waals surface area (Å²) < 4.78 is 10.2. The van der Waals surface area contributed by atoms with Gasteiger partial charge < -0.3 is 14.8 Å². The number of benzene rings is 1. The summed E-state index contributed by atoms with van der Waals surface area (Å²) >= 11 is 0. The van der Waals surface area contributed by atoms with E-state index in [1.807, 2.05) is 0 Å². The van der Waals surface area contributed by atoms with E-state index in [0.717, 1.165) is 12.8 Å². The topological polar surface area (TPSA) is 81.7 Å². The van der Waals surface area contributed by atoms with Crippen LogP contribution < -0.4 is 10.1 Å². The smallest absolute Gasteiger partial charge is 0.344 e. The molecule has 1 aliphatic carbocycles. The second kappa shape index (κ2) is 9.20. The van der Waals surface area contributed by atoms with Crippen LogP contribution in [0, 0.1) is 11.8 Å². The lowest BCUT2D eigenvalue weighted by atomic mass is 9.78. The van der Waals surface area contributed by atoms with E-state index >= 15 is 0 Å². The van der Waals surface area contributed by atoms with Crippen molar-refractivity contribution < 1.29 is 23.9 Å². The number of para-hydroxylation sites is 1. The van der Waals surface area contributed by atoms with Crippen molar-refractivity contribution in [3.8, 4) is 5.75 Å². The second-order valence-electron chi connectivity index (χ2n) is 6.55. The van der Waals surface area contributed by atoms with Gasteiger partial charge in [-0.1, -0.05) is 38.8 Å². The predicted octanol–water partition coefficient (Wildman–Crippen LogP) is 2.36. The van der Waals surface area contributed by atoms with E-state index in [2.05, 4.69) is 19.2 Å². The molecular formula is C19H25NO5. The molecule has 1 aromatic rings. The fourth-order valence-corrected chi connectivity index (χ4v) is 3.07. The molecule has 0 saturated heterocycles. The molecule has 0 aromatic heterocycles. The number of esters is 1. The molecule has 1 aromatic carbocycles. The van der Waals surface area contributed by atoms with Crippen molar-refractivity contribution in [1.82, 2.24) is 5.32 Å². The van der Waals surface area contributed by atoms with E-state index in [9.17, 15) is 14.4 Å². The molecule has 25 heavy (non-hydrogen) atoms. The van der Waals surface area contributed by atoms with E-state index in [1.54, 1.807) is 24.3 Å². The highest BCUT2D eigenvalue weighted by molar-refractivity contribution is 5.82. The minimum atomic E-state index is -0.652. The zero-order valence-electron chi connectivity index (χ0n) is 14.7. The number of carbonyl (C=O) groups excluding carboxylic acids is 3. The van der Waals surface area contributed by atoms with Gasteiger partial charge in [0.25, 0.3) is 5.91 Å². The summed E-state index contributed by atoms with van der Waals surface area (Å²) in [4.78, 5) is 34.6. The van der Waals surface area contributed by atoms with Crippen LogP contribution in [0.3, 0.4) is 0 Å². The van der Waals surface area contributed by atoms with Gasteiger partial charge in [-0.05, 0) is 30.4 Å². The van der Waals surface area contributed by atoms with E-state index in [4.69, 9.17) is 9.47 Å². The molecule has 6 heteroatoms. The molecule has 1 N–H and O–H groups in total. The number of ether oxygens (including phenoxy) is 2. The molecule has 0 unspecified atom stereocenters. The average Bonchev–Trinajstić information content (AvgIpc) is 2.62. The molecule has 0 aliphatic heterocycles. The summed E-state index contributed by atoms with van der Waals surface area (Å²) in [6, 6.07) is 6.72. The Kier molecular flexibility index (Phi) is 6.98. The first kappa shape index (κ1) is 19.0. The van der Waals surface area contributed by atoms with Gasteiger partial charge >= 0.3 is 5.97 Å². The first-order valence-corrected chi connectivity index (χ1v) is 8.63. The van der Waals surface area contributed by atoms with Gasteiger partial charge in [0.1, 0.15) is 5.75 Å². The van der Waals surface area contributed by atoms with E-state index in [1.165, 1.54) is 6.42 Å². The molecule has 2 rings (SSSR count). The van der Waals surface area contributed by atoms with Crippen LogP contribution in [0.4, 0.5) is 0 Å². The Balaban J connectivity index is 1.72. The molecule has 0 radical (unpaired) electrons. The summed E-state index contributed by atoms with van der Waals surface area (Å²) in [5.41, 5.74) is 0.355. The van der Waals surface area contributed by atoms with E-state index < -0.39 is 5.97 Å². The average molecular weight is 347 g/mol. The maximum absolute atomic E-state index is 12.0. The number of aldehydes is 1. The Hall–Kier alpha value is -2.37. The van der Waals surface area contributed by atoms with Crippen molar-refractivity contribution in [3.05, 3.63) is 29.8 Å². The minimum Gasteiger partial charge on any atom is -0.481 e. The number of hydrogen-bond acceptors (Lipinski definition) is 5. The SMILES string of the molecule is C[C@H]1[C@@H](NC(=O)COC(=O)COc2ccccc2C=O)CCC[C@@H]1C. The van der Waals surface area contributed by atoms with Crippen molar-refractivity contribution in [1.29, 1.82) is 0 Å². The third kappa shape index (κ3) is 5.59. The Morgan fingerprint density at radius 3 is 2.72 bits per heavy atom. The molecule has 1 amide bonds. The lowest BCUT2D eigenvalue weighted by molar-refractivity contribution is -0.150. The summed E-state index contributed by atoms with van der Waals surface area (Å²) in [6.45, 7) is 3.65. The summed E-state index contributed by atoms with van der Waals surface area (Å²) in [6.07, 6.45) is 3.89. The van der Waals surface area contributed by atoms with Crippen molar-refractivity contribution >= 4 is 18.2 Å². The lowest BCUT2D eigenvalue weighted by Gasteiger charge is -2.34. The fourth-order valence-electron chi connectivity index (χ4n) is 3.07. The van der Waals surface area contributed by atoms with Crippen LogP contribution in [0.25, 0.3) is 0 Å². The number of rotatable bonds is 7. The Labute approximate surface area is 147 Å². The van der Waals surface area contributed by atoms with E-state index in [-0.39, 0.29) is 25.2 Å². The van der Waals surface area contributed by atoms with Crippen LogP contribution in [0.1, 0.15) is 43.5 Å². The van der Waals surface area contributed by atoms with Gasteiger partial charge in [0.05, 0.1) is 5.56 Å². The van der Waals surface area contributed by atoms with Crippen LogP contribution in [-0.4, -0.2) is 37.4 Å². The second-order valence-corrected chi connectivity index (χ2v) is 6.55. The monoisotopic (exact) mass is 347 g/mol. The van der Waals surface area contributed by atoms with Crippen molar-refractivity contribution in [2.75, 3.05) is 13.2 Å². The molecule has 3 atom stereocenters. The highest BCUT2D eigenvalue weighted by Gasteiger charge is 2.28. The van der Waals surface area contributed by atoms with Crippen LogP contribution in [-0.2, 0) is 14.3 Å². The summed E-state index contributed by atoms with van der Waals surface area (Å²) in [5, 5.41) is 2.94. The molecule has 136 valence electrons. The van der Waals surface area contributed by atoms with Gasteiger partial charge in [-0.25, -0.2) is 4.79 Å². The standard InChI is InChI=1S/C19H25NO5/c1-13-6-5-8-16(14(13)2)20-18(22)11-25-19(23)12-24-17-9-4-3-7-15(17)10-21/h3-4,7,9-10,13-14,16H,5-6,8,11-12H2,1-2H3,(H,20,22)/t13-,14+,16-/m0/s1. The van der Waals surface area contributed by atoms with Crippen LogP contribution in [0.2, 0.25) is 0 Å². The Morgan fingerprint density at radius 2 is 1.96 bits per heavy atom. The highest BCUT2D eigenvalue weighted by atomic mass is 16.6. The largest absolute Gasteiger partial charge is 0.481 e. The van der Waals surface area contributed by atoms with Gasteiger partial charge in [0, 0.05) is 6.04 Å². The zero-order chi connectivity index (χ0) is 18.2. The molecular weight excluding hydrogens is 322 g/mol. The summed E-state index contributed by atoms with van der Waals surface area (Å²) in [7, 11) is 0. The lowest BCUT2D eigenvalue weighted by Crippen LogP contribution is -2.45. The molecule has 0 heterocycles. The quantitative estimate of drug-likeness (QED) is 0.605. The first-order chi connectivity index (χ1) is 12.0. The van der Waals surface area contributed by atoms with Gasteiger partial charge in [-0.2, -0.15) is 0 Å². The third-order valence-corrected chi connectivity index (χ3v) is 4.81. The number of hydrogen-bond donors (Lipinski definition) is 1. The third-order valence-electron chi connectivity index (χ3n) is 4.81. The minimum absolute atomic E-state index is 0.130. The fraction of sp³-hybridized carbons (Fsp3) is 0.526.